The molecule has 1 saturated carbocycles. The number of amides is 1. The SMILES string of the molecule is CC1CCC(NC(=O)c2ccccc2NN)CC1C. The molecule has 0 bridgehead atoms. The molecule has 104 valence electrons. The van der Waals surface area contributed by atoms with Gasteiger partial charge in [-0.05, 0) is 43.2 Å². The van der Waals surface area contributed by atoms with Gasteiger partial charge in [-0.15, -0.1) is 0 Å². The first-order valence-corrected chi connectivity index (χ1v) is 6.98. The van der Waals surface area contributed by atoms with Crippen molar-refractivity contribution in [3.63, 3.8) is 0 Å². The van der Waals surface area contributed by atoms with Crippen molar-refractivity contribution in [2.75, 3.05) is 5.43 Å². The Morgan fingerprint density at radius 1 is 1.21 bits per heavy atom. The van der Waals surface area contributed by atoms with Crippen molar-refractivity contribution in [2.45, 2.75) is 39.2 Å². The normalized spacial score (nSPS) is 26.8. The molecule has 4 N–H and O–H groups in total. The van der Waals surface area contributed by atoms with Gasteiger partial charge in [-0.2, -0.15) is 0 Å². The van der Waals surface area contributed by atoms with E-state index in [-0.39, 0.29) is 11.9 Å². The molecule has 0 aliphatic heterocycles. The predicted octanol–water partition coefficient (Wildman–Crippen LogP) is 2.53. The van der Waals surface area contributed by atoms with E-state index in [0.29, 0.717) is 17.2 Å². The van der Waals surface area contributed by atoms with Gasteiger partial charge in [0.25, 0.3) is 5.91 Å². The third-order valence-electron chi connectivity index (χ3n) is 4.26. The Kier molecular flexibility index (Phi) is 4.43. The van der Waals surface area contributed by atoms with Crippen LogP contribution in [0.4, 0.5) is 5.69 Å². The Balaban J connectivity index is 2.01. The Morgan fingerprint density at radius 3 is 2.63 bits per heavy atom. The van der Waals surface area contributed by atoms with E-state index in [0.717, 1.165) is 18.8 Å². The van der Waals surface area contributed by atoms with E-state index < -0.39 is 0 Å². The summed E-state index contributed by atoms with van der Waals surface area (Å²) in [5, 5.41) is 3.13. The van der Waals surface area contributed by atoms with Crippen LogP contribution < -0.4 is 16.6 Å². The van der Waals surface area contributed by atoms with Crippen molar-refractivity contribution >= 4 is 11.6 Å². The van der Waals surface area contributed by atoms with E-state index in [1.54, 1.807) is 12.1 Å². The second kappa shape index (κ2) is 6.06. The van der Waals surface area contributed by atoms with Gasteiger partial charge in [0.05, 0.1) is 11.3 Å². The van der Waals surface area contributed by atoms with Crippen LogP contribution in [0.2, 0.25) is 0 Å². The first kappa shape index (κ1) is 13.9. The Labute approximate surface area is 114 Å². The van der Waals surface area contributed by atoms with Gasteiger partial charge in [-0.25, -0.2) is 0 Å². The smallest absolute Gasteiger partial charge is 0.253 e. The van der Waals surface area contributed by atoms with Crippen molar-refractivity contribution in [1.29, 1.82) is 0 Å². The molecule has 1 fully saturated rings. The molecule has 4 heteroatoms. The van der Waals surface area contributed by atoms with Crippen molar-refractivity contribution in [3.05, 3.63) is 29.8 Å². The Hall–Kier alpha value is -1.55. The molecule has 1 aromatic carbocycles. The predicted molar refractivity (Wildman–Crippen MR) is 77.7 cm³/mol. The van der Waals surface area contributed by atoms with E-state index >= 15 is 0 Å². The highest BCUT2D eigenvalue weighted by atomic mass is 16.1. The summed E-state index contributed by atoms with van der Waals surface area (Å²) in [7, 11) is 0. The van der Waals surface area contributed by atoms with Crippen LogP contribution in [0.25, 0.3) is 0 Å². The minimum Gasteiger partial charge on any atom is -0.349 e. The number of nitrogens with one attached hydrogen (secondary N) is 2. The third kappa shape index (κ3) is 3.26. The number of hydrazine groups is 1. The number of nitrogens with two attached hydrogens (primary N) is 1. The molecule has 1 amide bonds. The molecule has 1 aliphatic carbocycles. The maximum Gasteiger partial charge on any atom is 0.253 e. The molecule has 0 heterocycles. The van der Waals surface area contributed by atoms with Crippen LogP contribution in [0.3, 0.4) is 0 Å². The molecular weight excluding hydrogens is 238 g/mol. The number of benzene rings is 1. The monoisotopic (exact) mass is 261 g/mol. The molecular formula is C15H23N3O. The molecule has 0 aromatic heterocycles. The fourth-order valence-corrected chi connectivity index (χ4v) is 2.75. The van der Waals surface area contributed by atoms with E-state index in [1.165, 1.54) is 6.42 Å². The Morgan fingerprint density at radius 2 is 1.95 bits per heavy atom. The van der Waals surface area contributed by atoms with Gasteiger partial charge in [0.1, 0.15) is 0 Å². The maximum absolute atomic E-state index is 12.3. The first-order chi connectivity index (χ1) is 9.11. The lowest BCUT2D eigenvalue weighted by Gasteiger charge is -2.32. The van der Waals surface area contributed by atoms with Gasteiger partial charge in [-0.3, -0.25) is 10.6 Å². The van der Waals surface area contributed by atoms with Crippen LogP contribution in [-0.4, -0.2) is 11.9 Å². The van der Waals surface area contributed by atoms with Gasteiger partial charge >= 0.3 is 0 Å². The third-order valence-corrected chi connectivity index (χ3v) is 4.26. The summed E-state index contributed by atoms with van der Waals surface area (Å²) in [5.74, 6) is 6.81. The standard InChI is InChI=1S/C15H23N3O/c1-10-7-8-12(9-11(10)2)17-15(19)13-5-3-4-6-14(13)18-16/h3-6,10-12,18H,7-9,16H2,1-2H3,(H,17,19). The maximum atomic E-state index is 12.3. The molecule has 4 nitrogen and oxygen atoms in total. The van der Waals surface area contributed by atoms with Crippen LogP contribution in [0.1, 0.15) is 43.5 Å². The highest BCUT2D eigenvalue weighted by Crippen LogP contribution is 2.29. The topological polar surface area (TPSA) is 67.2 Å². The van der Waals surface area contributed by atoms with Crippen LogP contribution in [0.15, 0.2) is 24.3 Å². The number of carbonyl (C=O) groups is 1. The second-order valence-corrected chi connectivity index (χ2v) is 5.63. The van der Waals surface area contributed by atoms with Crippen molar-refractivity contribution in [3.8, 4) is 0 Å². The van der Waals surface area contributed by atoms with E-state index in [4.69, 9.17) is 5.84 Å². The van der Waals surface area contributed by atoms with Crippen LogP contribution in [-0.2, 0) is 0 Å². The number of anilines is 1. The molecule has 0 spiro atoms. The number of hydrogen-bond acceptors (Lipinski definition) is 3. The zero-order valence-electron chi connectivity index (χ0n) is 11.6. The summed E-state index contributed by atoms with van der Waals surface area (Å²) < 4.78 is 0. The summed E-state index contributed by atoms with van der Waals surface area (Å²) >= 11 is 0. The summed E-state index contributed by atoms with van der Waals surface area (Å²) in [6.45, 7) is 4.55. The number of para-hydroxylation sites is 1. The molecule has 1 aromatic rings. The molecule has 1 aliphatic rings. The minimum absolute atomic E-state index is 0.0414. The fourth-order valence-electron chi connectivity index (χ4n) is 2.75. The van der Waals surface area contributed by atoms with E-state index in [2.05, 4.69) is 24.6 Å². The minimum atomic E-state index is -0.0414. The Bertz CT molecular complexity index is 447. The van der Waals surface area contributed by atoms with Gasteiger partial charge in [-0.1, -0.05) is 26.0 Å². The van der Waals surface area contributed by atoms with Gasteiger partial charge in [0.2, 0.25) is 0 Å². The summed E-state index contributed by atoms with van der Waals surface area (Å²) in [4.78, 5) is 12.3. The molecule has 0 saturated heterocycles. The molecule has 19 heavy (non-hydrogen) atoms. The number of rotatable bonds is 3. The van der Waals surface area contributed by atoms with Crippen LogP contribution in [0, 0.1) is 11.8 Å². The molecule has 0 radical (unpaired) electrons. The van der Waals surface area contributed by atoms with Gasteiger partial charge in [0, 0.05) is 6.04 Å². The fraction of sp³-hybridized carbons (Fsp3) is 0.533. The van der Waals surface area contributed by atoms with E-state index in [9.17, 15) is 4.79 Å². The average molecular weight is 261 g/mol. The first-order valence-electron chi connectivity index (χ1n) is 6.98. The van der Waals surface area contributed by atoms with Crippen LogP contribution >= 0.6 is 0 Å². The van der Waals surface area contributed by atoms with E-state index in [1.807, 2.05) is 12.1 Å². The quantitative estimate of drug-likeness (QED) is 0.578. The highest BCUT2D eigenvalue weighted by molar-refractivity contribution is 5.99. The van der Waals surface area contributed by atoms with Gasteiger partial charge < -0.3 is 10.7 Å². The lowest BCUT2D eigenvalue weighted by Crippen LogP contribution is -2.40. The summed E-state index contributed by atoms with van der Waals surface area (Å²) in [5.41, 5.74) is 3.84. The van der Waals surface area contributed by atoms with Crippen molar-refractivity contribution < 1.29 is 4.79 Å². The molecule has 2 rings (SSSR count). The van der Waals surface area contributed by atoms with Crippen molar-refractivity contribution in [1.82, 2.24) is 5.32 Å². The second-order valence-electron chi connectivity index (χ2n) is 5.63. The molecule has 3 unspecified atom stereocenters. The lowest BCUT2D eigenvalue weighted by atomic mass is 9.79. The van der Waals surface area contributed by atoms with Crippen LogP contribution in [0.5, 0.6) is 0 Å². The zero-order valence-corrected chi connectivity index (χ0v) is 11.6. The highest BCUT2D eigenvalue weighted by Gasteiger charge is 2.26. The lowest BCUT2D eigenvalue weighted by molar-refractivity contribution is 0.0911. The number of carbonyl (C=O) groups excluding carboxylic acids is 1. The largest absolute Gasteiger partial charge is 0.349 e. The zero-order chi connectivity index (χ0) is 13.8. The van der Waals surface area contributed by atoms with Crippen molar-refractivity contribution in [2.24, 2.45) is 17.7 Å². The number of nitrogen functional groups attached to an aromatic ring is 1. The summed E-state index contributed by atoms with van der Waals surface area (Å²) in [6, 6.07) is 7.59. The molecule has 3 atom stereocenters. The number of hydrogen-bond donors (Lipinski definition) is 3. The van der Waals surface area contributed by atoms with Gasteiger partial charge in [0.15, 0.2) is 0 Å². The summed E-state index contributed by atoms with van der Waals surface area (Å²) in [6.07, 6.45) is 3.31. The average Bonchev–Trinajstić information content (AvgIpc) is 2.43.